The van der Waals surface area contributed by atoms with Crippen LogP contribution in [0.5, 0.6) is 17.2 Å². The number of ether oxygens (including phenoxy) is 3. The minimum Gasteiger partial charge on any atom is -0.497 e. The quantitative estimate of drug-likeness (QED) is 0.215. The molecule has 0 unspecified atom stereocenters. The molecule has 3 rings (SSSR count). The molecular formula is C24H20N2O5. The molecule has 7 nitrogen and oxygen atoms in total. The van der Waals surface area contributed by atoms with Crippen LogP contribution >= 0.6 is 0 Å². The fraction of sp³-hybridized carbons (Fsp3) is 0.125. The van der Waals surface area contributed by atoms with E-state index in [1.807, 2.05) is 18.2 Å². The lowest BCUT2D eigenvalue weighted by molar-refractivity contribution is -0.384. The first-order valence-electron chi connectivity index (χ1n) is 9.34. The summed E-state index contributed by atoms with van der Waals surface area (Å²) in [6.45, 7) is 0.235. The van der Waals surface area contributed by atoms with Crippen LogP contribution in [0.2, 0.25) is 0 Å². The van der Waals surface area contributed by atoms with Crippen molar-refractivity contribution in [2.75, 3.05) is 14.2 Å². The Hall–Kier alpha value is -4.31. The van der Waals surface area contributed by atoms with Crippen LogP contribution in [0.3, 0.4) is 0 Å². The Bertz CT molecular complexity index is 1130. The van der Waals surface area contributed by atoms with Crippen LogP contribution in [-0.2, 0) is 6.61 Å². The fourth-order valence-electron chi connectivity index (χ4n) is 2.89. The van der Waals surface area contributed by atoms with Gasteiger partial charge in [0.1, 0.15) is 12.4 Å². The average molecular weight is 416 g/mol. The second kappa shape index (κ2) is 9.94. The molecule has 0 saturated carbocycles. The molecule has 7 heteroatoms. The maximum absolute atomic E-state index is 10.8. The molecule has 0 amide bonds. The Morgan fingerprint density at radius 2 is 1.71 bits per heavy atom. The molecule has 0 saturated heterocycles. The summed E-state index contributed by atoms with van der Waals surface area (Å²) in [6, 6.07) is 21.0. The zero-order valence-electron chi connectivity index (χ0n) is 17.1. The fourth-order valence-corrected chi connectivity index (χ4v) is 2.89. The Kier molecular flexibility index (Phi) is 6.86. The van der Waals surface area contributed by atoms with Crippen molar-refractivity contribution >= 4 is 17.3 Å². The molecule has 3 aromatic rings. The predicted octanol–water partition coefficient (Wildman–Crippen LogP) is 5.26. The van der Waals surface area contributed by atoms with Gasteiger partial charge in [-0.1, -0.05) is 6.07 Å². The number of hydrogen-bond donors (Lipinski definition) is 0. The largest absolute Gasteiger partial charge is 0.497 e. The molecule has 0 fully saturated rings. The van der Waals surface area contributed by atoms with Crippen LogP contribution in [0.4, 0.5) is 5.69 Å². The van der Waals surface area contributed by atoms with Gasteiger partial charge in [0, 0.05) is 12.1 Å². The molecule has 0 N–H and O–H groups in total. The van der Waals surface area contributed by atoms with Crippen molar-refractivity contribution < 1.29 is 19.1 Å². The summed E-state index contributed by atoms with van der Waals surface area (Å²) in [4.78, 5) is 10.3. The summed E-state index contributed by atoms with van der Waals surface area (Å²) < 4.78 is 16.4. The van der Waals surface area contributed by atoms with Gasteiger partial charge in [0.15, 0.2) is 11.5 Å². The monoisotopic (exact) mass is 416 g/mol. The van der Waals surface area contributed by atoms with Crippen LogP contribution in [0.1, 0.15) is 16.7 Å². The second-order valence-corrected chi connectivity index (χ2v) is 6.52. The van der Waals surface area contributed by atoms with Crippen molar-refractivity contribution in [1.82, 2.24) is 0 Å². The Morgan fingerprint density at radius 1 is 1.00 bits per heavy atom. The third-order valence-electron chi connectivity index (χ3n) is 4.56. The number of nitriles is 1. The molecule has 0 bridgehead atoms. The number of nitro groups is 1. The third-order valence-corrected chi connectivity index (χ3v) is 4.56. The highest BCUT2D eigenvalue weighted by Crippen LogP contribution is 2.31. The molecule has 0 aliphatic heterocycles. The Balaban J connectivity index is 1.77. The minimum atomic E-state index is -0.443. The van der Waals surface area contributed by atoms with Crippen LogP contribution in [0.25, 0.3) is 11.6 Å². The van der Waals surface area contributed by atoms with Gasteiger partial charge in [0.25, 0.3) is 5.69 Å². The molecule has 0 radical (unpaired) electrons. The van der Waals surface area contributed by atoms with E-state index in [0.717, 1.165) is 22.4 Å². The summed E-state index contributed by atoms with van der Waals surface area (Å²) >= 11 is 0. The van der Waals surface area contributed by atoms with E-state index < -0.39 is 4.92 Å². The normalized spacial score (nSPS) is 10.8. The van der Waals surface area contributed by atoms with Gasteiger partial charge in [0.05, 0.1) is 30.8 Å². The minimum absolute atomic E-state index is 0.0302. The Morgan fingerprint density at radius 3 is 2.29 bits per heavy atom. The van der Waals surface area contributed by atoms with Crippen LogP contribution in [0.15, 0.2) is 66.7 Å². The molecule has 0 heterocycles. The molecule has 0 atom stereocenters. The van der Waals surface area contributed by atoms with Gasteiger partial charge in [-0.15, -0.1) is 0 Å². The van der Waals surface area contributed by atoms with E-state index in [4.69, 9.17) is 14.2 Å². The lowest BCUT2D eigenvalue weighted by atomic mass is 10.0. The SMILES string of the molecule is COc1ccc(/C(C#N)=C/c2ccc(OCc3ccc([N+](=O)[O-])cc3)c(OC)c2)cc1. The first kappa shape index (κ1) is 21.4. The number of benzene rings is 3. The number of nitro benzene ring substituents is 1. The van der Waals surface area contributed by atoms with Gasteiger partial charge < -0.3 is 14.2 Å². The lowest BCUT2D eigenvalue weighted by Crippen LogP contribution is -1.98. The summed E-state index contributed by atoms with van der Waals surface area (Å²) in [7, 11) is 3.13. The van der Waals surface area contributed by atoms with E-state index in [2.05, 4.69) is 6.07 Å². The first-order chi connectivity index (χ1) is 15.0. The zero-order chi connectivity index (χ0) is 22.2. The maximum atomic E-state index is 10.8. The Labute approximate surface area is 179 Å². The number of hydrogen-bond acceptors (Lipinski definition) is 6. The number of allylic oxidation sites excluding steroid dienone is 1. The van der Waals surface area contributed by atoms with Crippen molar-refractivity contribution in [3.63, 3.8) is 0 Å². The molecule has 3 aromatic carbocycles. The van der Waals surface area contributed by atoms with Crippen LogP contribution < -0.4 is 14.2 Å². The molecule has 156 valence electrons. The first-order valence-corrected chi connectivity index (χ1v) is 9.34. The number of non-ortho nitro benzene ring substituents is 1. The van der Waals surface area contributed by atoms with Crippen LogP contribution in [-0.4, -0.2) is 19.1 Å². The van der Waals surface area contributed by atoms with Gasteiger partial charge in [-0.25, -0.2) is 0 Å². The highest BCUT2D eigenvalue weighted by Gasteiger charge is 2.09. The second-order valence-electron chi connectivity index (χ2n) is 6.52. The zero-order valence-corrected chi connectivity index (χ0v) is 17.1. The highest BCUT2D eigenvalue weighted by molar-refractivity contribution is 5.90. The molecular weight excluding hydrogens is 396 g/mol. The van der Waals surface area contributed by atoms with Crippen molar-refractivity contribution in [2.24, 2.45) is 0 Å². The smallest absolute Gasteiger partial charge is 0.269 e. The highest BCUT2D eigenvalue weighted by atomic mass is 16.6. The molecule has 0 aliphatic carbocycles. The summed E-state index contributed by atoms with van der Waals surface area (Å²) in [5.41, 5.74) is 2.89. The van der Waals surface area contributed by atoms with E-state index in [1.165, 1.54) is 19.2 Å². The topological polar surface area (TPSA) is 94.6 Å². The van der Waals surface area contributed by atoms with Gasteiger partial charge in [-0.05, 0) is 71.3 Å². The summed E-state index contributed by atoms with van der Waals surface area (Å²) in [5.74, 6) is 1.76. The number of rotatable bonds is 8. The number of methoxy groups -OCH3 is 2. The van der Waals surface area contributed by atoms with E-state index in [-0.39, 0.29) is 12.3 Å². The van der Waals surface area contributed by atoms with Crippen molar-refractivity contribution in [1.29, 1.82) is 5.26 Å². The van der Waals surface area contributed by atoms with Crippen molar-refractivity contribution in [3.05, 3.63) is 93.5 Å². The van der Waals surface area contributed by atoms with E-state index in [0.29, 0.717) is 17.1 Å². The third kappa shape index (κ3) is 5.40. The lowest BCUT2D eigenvalue weighted by Gasteiger charge is -2.12. The van der Waals surface area contributed by atoms with Gasteiger partial charge >= 0.3 is 0 Å². The molecule has 0 spiro atoms. The van der Waals surface area contributed by atoms with E-state index in [9.17, 15) is 15.4 Å². The maximum Gasteiger partial charge on any atom is 0.269 e. The van der Waals surface area contributed by atoms with Gasteiger partial charge in [0.2, 0.25) is 0 Å². The molecule has 31 heavy (non-hydrogen) atoms. The standard InChI is InChI=1S/C24H20N2O5/c1-29-22-10-6-19(7-11-22)20(15-25)13-18-5-12-23(24(14-18)30-2)31-16-17-3-8-21(9-4-17)26(27)28/h3-14H,16H2,1-2H3/b20-13+. The summed E-state index contributed by atoms with van der Waals surface area (Å²) in [5, 5.41) is 20.3. The molecule has 0 aromatic heterocycles. The van der Waals surface area contributed by atoms with E-state index in [1.54, 1.807) is 49.6 Å². The number of nitrogens with zero attached hydrogens (tertiary/aromatic N) is 2. The predicted molar refractivity (Wildman–Crippen MR) is 117 cm³/mol. The van der Waals surface area contributed by atoms with E-state index >= 15 is 0 Å². The van der Waals surface area contributed by atoms with Crippen LogP contribution in [0, 0.1) is 21.4 Å². The summed E-state index contributed by atoms with van der Waals surface area (Å²) in [6.07, 6.45) is 1.77. The molecule has 0 aliphatic rings. The van der Waals surface area contributed by atoms with Gasteiger partial charge in [-0.2, -0.15) is 5.26 Å². The van der Waals surface area contributed by atoms with Crippen molar-refractivity contribution in [3.8, 4) is 23.3 Å². The average Bonchev–Trinajstić information content (AvgIpc) is 2.81. The van der Waals surface area contributed by atoms with Gasteiger partial charge in [-0.3, -0.25) is 10.1 Å². The van der Waals surface area contributed by atoms with Crippen molar-refractivity contribution in [2.45, 2.75) is 6.61 Å².